The van der Waals surface area contributed by atoms with E-state index in [1.165, 1.54) is 6.07 Å². The molecule has 0 aromatic heterocycles. The van der Waals surface area contributed by atoms with Crippen LogP contribution < -0.4 is 5.32 Å². The van der Waals surface area contributed by atoms with Gasteiger partial charge in [-0.25, -0.2) is 9.18 Å². The molecule has 0 atom stereocenters. The summed E-state index contributed by atoms with van der Waals surface area (Å²) in [5.41, 5.74) is 0.884. The number of carbonyl (C=O) groups is 1. The van der Waals surface area contributed by atoms with Crippen molar-refractivity contribution in [2.45, 2.75) is 33.3 Å². The maximum absolute atomic E-state index is 13.3. The van der Waals surface area contributed by atoms with Crippen LogP contribution in [-0.4, -0.2) is 18.2 Å². The Hall–Kier alpha value is -1.84. The van der Waals surface area contributed by atoms with E-state index >= 15 is 0 Å². The van der Waals surface area contributed by atoms with Gasteiger partial charge >= 0.3 is 6.09 Å². The maximum Gasteiger partial charge on any atom is 0.407 e. The van der Waals surface area contributed by atoms with Crippen LogP contribution >= 0.6 is 0 Å². The summed E-state index contributed by atoms with van der Waals surface area (Å²) in [5.74, 6) is -0.234. The summed E-state index contributed by atoms with van der Waals surface area (Å²) >= 11 is 0. The van der Waals surface area contributed by atoms with Crippen LogP contribution in [0.25, 0.3) is 6.08 Å². The zero-order chi connectivity index (χ0) is 14.5. The third-order valence-corrected chi connectivity index (χ3v) is 2.37. The van der Waals surface area contributed by atoms with E-state index in [0.717, 1.165) is 5.56 Å². The van der Waals surface area contributed by atoms with E-state index in [1.807, 2.05) is 6.07 Å². The molecule has 1 aromatic carbocycles. The van der Waals surface area contributed by atoms with Crippen molar-refractivity contribution in [3.8, 4) is 0 Å². The number of halogens is 1. The second-order valence-corrected chi connectivity index (χ2v) is 5.24. The summed E-state index contributed by atoms with van der Waals surface area (Å²) in [6, 6.07) is 4.90. The lowest BCUT2D eigenvalue weighted by Crippen LogP contribution is -2.32. The summed E-state index contributed by atoms with van der Waals surface area (Å²) < 4.78 is 18.4. The fourth-order valence-corrected chi connectivity index (χ4v) is 1.45. The molecule has 0 spiro atoms. The Labute approximate surface area is 113 Å². The number of rotatable bonds is 3. The van der Waals surface area contributed by atoms with Crippen LogP contribution in [0.5, 0.6) is 0 Å². The zero-order valence-electron chi connectivity index (χ0n) is 11.8. The first-order chi connectivity index (χ1) is 8.79. The van der Waals surface area contributed by atoms with Crippen LogP contribution in [-0.2, 0) is 4.74 Å². The topological polar surface area (TPSA) is 38.3 Å². The van der Waals surface area contributed by atoms with E-state index in [4.69, 9.17) is 4.74 Å². The standard InChI is InChI=1S/C15H20FNO2/c1-11-12(7-5-9-13(11)16)8-6-10-17-14(18)19-15(2,3)4/h5-9H,10H2,1-4H3,(H,17,18). The molecule has 1 rings (SSSR count). The molecule has 1 N–H and O–H groups in total. The van der Waals surface area contributed by atoms with E-state index in [2.05, 4.69) is 5.32 Å². The lowest BCUT2D eigenvalue weighted by atomic mass is 10.1. The average molecular weight is 265 g/mol. The Bertz CT molecular complexity index is 476. The average Bonchev–Trinajstić information content (AvgIpc) is 2.27. The van der Waals surface area contributed by atoms with E-state index in [9.17, 15) is 9.18 Å². The van der Waals surface area contributed by atoms with Crippen LogP contribution in [0, 0.1) is 12.7 Å². The number of alkyl carbamates (subject to hydrolysis) is 1. The fraction of sp³-hybridized carbons (Fsp3) is 0.400. The first-order valence-corrected chi connectivity index (χ1v) is 6.18. The molecule has 0 bridgehead atoms. The molecular formula is C15H20FNO2. The Morgan fingerprint density at radius 3 is 2.74 bits per heavy atom. The molecule has 1 amide bonds. The van der Waals surface area contributed by atoms with Crippen LogP contribution in [0.3, 0.4) is 0 Å². The number of carbonyl (C=O) groups excluding carboxylic acids is 1. The molecule has 4 heteroatoms. The smallest absolute Gasteiger partial charge is 0.407 e. The Morgan fingerprint density at radius 2 is 2.11 bits per heavy atom. The quantitative estimate of drug-likeness (QED) is 0.905. The van der Waals surface area contributed by atoms with Gasteiger partial charge in [0.2, 0.25) is 0 Å². The lowest BCUT2D eigenvalue weighted by molar-refractivity contribution is 0.0534. The predicted molar refractivity (Wildman–Crippen MR) is 74.4 cm³/mol. The Morgan fingerprint density at radius 1 is 1.42 bits per heavy atom. The minimum absolute atomic E-state index is 0.234. The number of hydrogen-bond acceptors (Lipinski definition) is 2. The van der Waals surface area contributed by atoms with Crippen molar-refractivity contribution >= 4 is 12.2 Å². The molecule has 1 aromatic rings. The van der Waals surface area contributed by atoms with Crippen LogP contribution in [0.15, 0.2) is 24.3 Å². The summed E-state index contributed by atoms with van der Waals surface area (Å²) in [4.78, 5) is 11.4. The Kier molecular flexibility index (Phi) is 5.10. The van der Waals surface area contributed by atoms with Gasteiger partial charge in [-0.05, 0) is 44.9 Å². The van der Waals surface area contributed by atoms with Crippen molar-refractivity contribution in [3.63, 3.8) is 0 Å². The number of ether oxygens (including phenoxy) is 1. The van der Waals surface area contributed by atoms with E-state index < -0.39 is 11.7 Å². The van der Waals surface area contributed by atoms with Crippen LogP contribution in [0.4, 0.5) is 9.18 Å². The molecular weight excluding hydrogens is 245 g/mol. The molecule has 104 valence electrons. The van der Waals surface area contributed by atoms with Crippen molar-refractivity contribution in [2.75, 3.05) is 6.54 Å². The van der Waals surface area contributed by atoms with Gasteiger partial charge in [0.1, 0.15) is 11.4 Å². The van der Waals surface area contributed by atoms with Gasteiger partial charge in [0.05, 0.1) is 0 Å². The van der Waals surface area contributed by atoms with E-state index in [-0.39, 0.29) is 5.82 Å². The Balaban J connectivity index is 2.47. The monoisotopic (exact) mass is 265 g/mol. The third-order valence-electron chi connectivity index (χ3n) is 2.37. The minimum atomic E-state index is -0.507. The van der Waals surface area contributed by atoms with Gasteiger partial charge in [0.15, 0.2) is 0 Å². The third kappa shape index (κ3) is 5.55. The number of benzene rings is 1. The van der Waals surface area contributed by atoms with Gasteiger partial charge in [-0.3, -0.25) is 0 Å². The van der Waals surface area contributed by atoms with E-state index in [1.54, 1.807) is 45.9 Å². The highest BCUT2D eigenvalue weighted by atomic mass is 19.1. The summed E-state index contributed by atoms with van der Waals surface area (Å²) in [6.07, 6.45) is 3.06. The largest absolute Gasteiger partial charge is 0.444 e. The lowest BCUT2D eigenvalue weighted by Gasteiger charge is -2.19. The SMILES string of the molecule is Cc1c(F)cccc1C=CCNC(=O)OC(C)(C)C. The summed E-state index contributed by atoms with van der Waals surface area (Å²) in [5, 5.41) is 2.60. The number of hydrogen-bond donors (Lipinski definition) is 1. The number of amides is 1. The van der Waals surface area contributed by atoms with Crippen molar-refractivity contribution in [1.82, 2.24) is 5.32 Å². The van der Waals surface area contributed by atoms with Gasteiger partial charge < -0.3 is 10.1 Å². The van der Waals surface area contributed by atoms with Gasteiger partial charge in [-0.1, -0.05) is 24.3 Å². The van der Waals surface area contributed by atoms with Crippen molar-refractivity contribution in [2.24, 2.45) is 0 Å². The second-order valence-electron chi connectivity index (χ2n) is 5.24. The predicted octanol–water partition coefficient (Wildman–Crippen LogP) is 3.67. The second kappa shape index (κ2) is 6.36. The highest BCUT2D eigenvalue weighted by molar-refractivity contribution is 5.68. The molecule has 0 radical (unpaired) electrons. The summed E-state index contributed by atoms with van der Waals surface area (Å²) in [6.45, 7) is 7.47. The molecule has 0 aliphatic carbocycles. The highest BCUT2D eigenvalue weighted by Gasteiger charge is 2.14. The molecule has 3 nitrogen and oxygen atoms in total. The molecule has 0 saturated carbocycles. The van der Waals surface area contributed by atoms with Gasteiger partial charge in [0, 0.05) is 6.54 Å². The first-order valence-electron chi connectivity index (χ1n) is 6.18. The van der Waals surface area contributed by atoms with Gasteiger partial charge in [-0.15, -0.1) is 0 Å². The molecule has 0 saturated heterocycles. The highest BCUT2D eigenvalue weighted by Crippen LogP contribution is 2.13. The number of nitrogens with one attached hydrogen (secondary N) is 1. The molecule has 0 aliphatic heterocycles. The molecule has 0 fully saturated rings. The fourth-order valence-electron chi connectivity index (χ4n) is 1.45. The van der Waals surface area contributed by atoms with Crippen LogP contribution in [0.2, 0.25) is 0 Å². The summed E-state index contributed by atoms with van der Waals surface area (Å²) in [7, 11) is 0. The van der Waals surface area contributed by atoms with Crippen molar-refractivity contribution in [1.29, 1.82) is 0 Å². The molecule has 0 heterocycles. The maximum atomic E-state index is 13.3. The van der Waals surface area contributed by atoms with Crippen molar-refractivity contribution < 1.29 is 13.9 Å². The molecule has 19 heavy (non-hydrogen) atoms. The first kappa shape index (κ1) is 15.2. The minimum Gasteiger partial charge on any atom is -0.444 e. The molecule has 0 unspecified atom stereocenters. The van der Waals surface area contributed by atoms with Crippen LogP contribution in [0.1, 0.15) is 31.9 Å². The van der Waals surface area contributed by atoms with Gasteiger partial charge in [0.25, 0.3) is 0 Å². The molecule has 0 aliphatic rings. The van der Waals surface area contributed by atoms with Crippen molar-refractivity contribution in [3.05, 3.63) is 41.2 Å². The zero-order valence-corrected chi connectivity index (χ0v) is 11.8. The normalized spacial score (nSPS) is 11.6. The van der Waals surface area contributed by atoms with Gasteiger partial charge in [-0.2, -0.15) is 0 Å². The van der Waals surface area contributed by atoms with E-state index in [0.29, 0.717) is 12.1 Å².